The summed E-state index contributed by atoms with van der Waals surface area (Å²) in [5.41, 5.74) is 6.37. The van der Waals surface area contributed by atoms with E-state index < -0.39 is 12.8 Å². The minimum atomic E-state index is -4.40. The number of rotatable bonds is 4. The van der Waals surface area contributed by atoms with Gasteiger partial charge in [-0.3, -0.25) is 4.98 Å². The van der Waals surface area contributed by atoms with Crippen LogP contribution in [0.3, 0.4) is 0 Å². The van der Waals surface area contributed by atoms with Gasteiger partial charge >= 0.3 is 6.18 Å². The molecule has 0 spiro atoms. The second kappa shape index (κ2) is 7.30. The van der Waals surface area contributed by atoms with Crippen LogP contribution in [0.15, 0.2) is 23.5 Å². The van der Waals surface area contributed by atoms with Gasteiger partial charge in [0, 0.05) is 24.8 Å². The molecule has 1 fully saturated rings. The van der Waals surface area contributed by atoms with Crippen molar-refractivity contribution in [2.75, 3.05) is 32.9 Å². The van der Waals surface area contributed by atoms with E-state index in [0.717, 1.165) is 0 Å². The molecule has 0 amide bonds. The number of hydrogen-bond donors (Lipinski definition) is 1. The highest BCUT2D eigenvalue weighted by Gasteiger charge is 2.28. The number of nitrogens with two attached hydrogens (primary N) is 1. The lowest BCUT2D eigenvalue weighted by Gasteiger charge is -2.27. The van der Waals surface area contributed by atoms with Crippen LogP contribution in [-0.2, 0) is 11.3 Å². The first kappa shape index (κ1) is 16.3. The number of morpholine rings is 1. The summed E-state index contributed by atoms with van der Waals surface area (Å²) in [5, 5.41) is 0. The lowest BCUT2D eigenvalue weighted by atomic mass is 10.2. The van der Waals surface area contributed by atoms with Gasteiger partial charge in [0.2, 0.25) is 0 Å². The van der Waals surface area contributed by atoms with Crippen molar-refractivity contribution in [3.8, 4) is 5.75 Å². The molecule has 0 bridgehead atoms. The highest BCUT2D eigenvalue weighted by Crippen LogP contribution is 2.21. The Hall–Kier alpha value is -2.03. The molecule has 0 aliphatic carbocycles. The minimum Gasteiger partial charge on any atom is -0.482 e. The maximum Gasteiger partial charge on any atom is 0.422 e. The van der Waals surface area contributed by atoms with Gasteiger partial charge in [-0.2, -0.15) is 13.2 Å². The van der Waals surface area contributed by atoms with E-state index in [9.17, 15) is 13.2 Å². The van der Waals surface area contributed by atoms with Crippen molar-refractivity contribution in [2.45, 2.75) is 12.7 Å². The zero-order chi connectivity index (χ0) is 16.0. The molecule has 2 N–H and O–H groups in total. The van der Waals surface area contributed by atoms with Gasteiger partial charge in [-0.25, -0.2) is 4.99 Å². The summed E-state index contributed by atoms with van der Waals surface area (Å²) in [7, 11) is 0. The van der Waals surface area contributed by atoms with Crippen molar-refractivity contribution in [3.63, 3.8) is 0 Å². The number of nitrogens with zero attached hydrogens (tertiary/aromatic N) is 3. The average molecular weight is 318 g/mol. The van der Waals surface area contributed by atoms with Crippen LogP contribution in [0.2, 0.25) is 0 Å². The second-order valence-corrected chi connectivity index (χ2v) is 4.66. The first-order valence-electron chi connectivity index (χ1n) is 6.71. The summed E-state index contributed by atoms with van der Waals surface area (Å²) in [6.07, 6.45) is -1.69. The van der Waals surface area contributed by atoms with Crippen LogP contribution >= 0.6 is 0 Å². The van der Waals surface area contributed by atoms with Crippen LogP contribution in [-0.4, -0.2) is 54.9 Å². The van der Waals surface area contributed by atoms with Gasteiger partial charge in [0.05, 0.1) is 26.0 Å². The van der Waals surface area contributed by atoms with Gasteiger partial charge in [-0.15, -0.1) is 0 Å². The van der Waals surface area contributed by atoms with E-state index in [4.69, 9.17) is 15.2 Å². The standard InChI is InChI=1S/C13H17F3N4O2/c14-13(15,16)9-22-11-8-18-2-1-10(11)7-19-12(17)20-3-5-21-6-4-20/h1-2,8H,3-7,9H2,(H2,17,19). The van der Waals surface area contributed by atoms with Crippen molar-refractivity contribution >= 4 is 5.96 Å². The molecule has 2 heterocycles. The third kappa shape index (κ3) is 5.06. The number of pyridine rings is 1. The Bertz CT molecular complexity index is 516. The number of halogens is 3. The number of hydrogen-bond acceptors (Lipinski definition) is 4. The van der Waals surface area contributed by atoms with Gasteiger partial charge in [-0.1, -0.05) is 0 Å². The van der Waals surface area contributed by atoms with E-state index in [1.54, 1.807) is 6.07 Å². The van der Waals surface area contributed by atoms with E-state index in [-0.39, 0.29) is 12.3 Å². The molecule has 1 aromatic heterocycles. The van der Waals surface area contributed by atoms with Gasteiger partial charge in [0.25, 0.3) is 0 Å². The molecule has 122 valence electrons. The summed E-state index contributed by atoms with van der Waals surface area (Å²) in [6, 6.07) is 1.56. The molecular weight excluding hydrogens is 301 g/mol. The molecule has 0 aromatic carbocycles. The number of aromatic nitrogens is 1. The molecule has 22 heavy (non-hydrogen) atoms. The second-order valence-electron chi connectivity index (χ2n) is 4.66. The highest BCUT2D eigenvalue weighted by atomic mass is 19.4. The van der Waals surface area contributed by atoms with Crippen molar-refractivity contribution in [1.82, 2.24) is 9.88 Å². The number of aliphatic imine (C=N–C) groups is 1. The first-order valence-corrected chi connectivity index (χ1v) is 6.71. The van der Waals surface area contributed by atoms with E-state index >= 15 is 0 Å². The fourth-order valence-electron chi connectivity index (χ4n) is 1.89. The van der Waals surface area contributed by atoms with Crippen molar-refractivity contribution in [3.05, 3.63) is 24.0 Å². The van der Waals surface area contributed by atoms with Crippen molar-refractivity contribution in [1.29, 1.82) is 0 Å². The summed E-state index contributed by atoms with van der Waals surface area (Å²) >= 11 is 0. The quantitative estimate of drug-likeness (QED) is 0.666. The van der Waals surface area contributed by atoms with Gasteiger partial charge in [-0.05, 0) is 6.07 Å². The first-order chi connectivity index (χ1) is 10.5. The van der Waals surface area contributed by atoms with Crippen LogP contribution in [0.1, 0.15) is 5.56 Å². The average Bonchev–Trinajstić information content (AvgIpc) is 2.51. The third-order valence-electron chi connectivity index (χ3n) is 3.01. The van der Waals surface area contributed by atoms with Crippen molar-refractivity contribution < 1.29 is 22.6 Å². The highest BCUT2D eigenvalue weighted by molar-refractivity contribution is 5.78. The van der Waals surface area contributed by atoms with Crippen LogP contribution in [0.5, 0.6) is 5.75 Å². The lowest BCUT2D eigenvalue weighted by molar-refractivity contribution is -0.153. The summed E-state index contributed by atoms with van der Waals surface area (Å²) in [6.45, 7) is 1.19. The monoisotopic (exact) mass is 318 g/mol. The predicted molar refractivity (Wildman–Crippen MR) is 73.5 cm³/mol. The fourth-order valence-corrected chi connectivity index (χ4v) is 1.89. The molecule has 2 rings (SSSR count). The molecule has 6 nitrogen and oxygen atoms in total. The van der Waals surface area contributed by atoms with E-state index in [1.165, 1.54) is 12.4 Å². The van der Waals surface area contributed by atoms with Gasteiger partial charge < -0.3 is 20.1 Å². The third-order valence-corrected chi connectivity index (χ3v) is 3.01. The molecule has 1 aliphatic rings. The zero-order valence-corrected chi connectivity index (χ0v) is 11.8. The Labute approximate surface area is 125 Å². The number of ether oxygens (including phenoxy) is 2. The summed E-state index contributed by atoms with van der Waals surface area (Å²) < 4.78 is 46.6. The Morgan fingerprint density at radius 2 is 2.14 bits per heavy atom. The molecule has 0 radical (unpaired) electrons. The Balaban J connectivity index is 1.99. The van der Waals surface area contributed by atoms with Crippen LogP contribution in [0.25, 0.3) is 0 Å². The number of alkyl halides is 3. The predicted octanol–water partition coefficient (Wildman–Crippen LogP) is 1.17. The normalized spacial score (nSPS) is 16.7. The Morgan fingerprint density at radius 3 is 2.82 bits per heavy atom. The molecule has 9 heteroatoms. The largest absolute Gasteiger partial charge is 0.482 e. The molecule has 0 saturated carbocycles. The van der Waals surface area contributed by atoms with Gasteiger partial charge in [0.15, 0.2) is 12.6 Å². The minimum absolute atomic E-state index is 0.0540. The Kier molecular flexibility index (Phi) is 5.42. The molecule has 1 aromatic rings. The van der Waals surface area contributed by atoms with E-state index in [2.05, 4.69) is 9.98 Å². The van der Waals surface area contributed by atoms with Crippen LogP contribution in [0, 0.1) is 0 Å². The summed E-state index contributed by atoms with van der Waals surface area (Å²) in [4.78, 5) is 9.82. The SMILES string of the molecule is NC(=NCc1ccncc1OCC(F)(F)F)N1CCOCC1. The van der Waals surface area contributed by atoms with E-state index in [0.29, 0.717) is 37.8 Å². The maximum atomic E-state index is 12.2. The molecule has 0 unspecified atom stereocenters. The molecule has 0 atom stereocenters. The van der Waals surface area contributed by atoms with Crippen molar-refractivity contribution in [2.24, 2.45) is 10.7 Å². The molecular formula is C13H17F3N4O2. The smallest absolute Gasteiger partial charge is 0.422 e. The van der Waals surface area contributed by atoms with Gasteiger partial charge in [0.1, 0.15) is 5.75 Å². The molecule has 1 saturated heterocycles. The maximum absolute atomic E-state index is 12.2. The summed E-state index contributed by atoms with van der Waals surface area (Å²) in [5.74, 6) is 0.389. The van der Waals surface area contributed by atoms with E-state index in [1.807, 2.05) is 4.90 Å². The van der Waals surface area contributed by atoms with Crippen LogP contribution in [0.4, 0.5) is 13.2 Å². The van der Waals surface area contributed by atoms with Crippen LogP contribution < -0.4 is 10.5 Å². The lowest BCUT2D eigenvalue weighted by Crippen LogP contribution is -2.44. The zero-order valence-electron chi connectivity index (χ0n) is 11.8. The number of guanidine groups is 1. The molecule has 1 aliphatic heterocycles. The topological polar surface area (TPSA) is 73.0 Å². The fraction of sp³-hybridized carbons (Fsp3) is 0.538. The Morgan fingerprint density at radius 1 is 1.41 bits per heavy atom.